The van der Waals surface area contributed by atoms with E-state index in [0.717, 1.165) is 11.0 Å². The van der Waals surface area contributed by atoms with E-state index in [-0.39, 0.29) is 22.4 Å². The Balaban J connectivity index is 1.67. The summed E-state index contributed by atoms with van der Waals surface area (Å²) in [5.74, 6) is -0.939. The minimum absolute atomic E-state index is 0.0887. The van der Waals surface area contributed by atoms with Crippen LogP contribution < -0.4 is 14.4 Å². The van der Waals surface area contributed by atoms with Gasteiger partial charge in [0.15, 0.2) is 11.9 Å². The summed E-state index contributed by atoms with van der Waals surface area (Å²) in [4.78, 5) is 31.9. The minimum atomic E-state index is -0.964. The van der Waals surface area contributed by atoms with Crippen LogP contribution in [0.25, 0.3) is 0 Å². The van der Waals surface area contributed by atoms with E-state index < -0.39 is 22.8 Å². The molecule has 2 aromatic heterocycles. The highest BCUT2D eigenvalue weighted by Crippen LogP contribution is 2.27. The Morgan fingerprint density at radius 1 is 1.23 bits per heavy atom. The summed E-state index contributed by atoms with van der Waals surface area (Å²) >= 11 is 5.66. The van der Waals surface area contributed by atoms with Crippen LogP contribution in [-0.2, 0) is 4.79 Å². The van der Waals surface area contributed by atoms with Crippen LogP contribution in [0, 0.1) is 15.9 Å². The molecule has 1 aromatic carbocycles. The molecule has 0 fully saturated rings. The zero-order valence-corrected chi connectivity index (χ0v) is 17.1. The molecule has 0 radical (unpaired) electrons. The van der Waals surface area contributed by atoms with Gasteiger partial charge in [-0.05, 0) is 43.3 Å². The minimum Gasteiger partial charge on any atom is -0.481 e. The van der Waals surface area contributed by atoms with E-state index in [4.69, 9.17) is 21.1 Å². The molecule has 0 saturated heterocycles. The van der Waals surface area contributed by atoms with Gasteiger partial charge in [0.1, 0.15) is 11.5 Å². The Labute approximate surface area is 181 Å². The third kappa shape index (κ3) is 5.23. The van der Waals surface area contributed by atoms with Crippen molar-refractivity contribution in [2.45, 2.75) is 13.0 Å². The van der Waals surface area contributed by atoms with Crippen molar-refractivity contribution >= 4 is 29.0 Å². The van der Waals surface area contributed by atoms with Crippen molar-refractivity contribution in [1.82, 2.24) is 9.97 Å². The van der Waals surface area contributed by atoms with Crippen LogP contribution in [0.2, 0.25) is 5.02 Å². The molecule has 0 aliphatic carbocycles. The summed E-state index contributed by atoms with van der Waals surface area (Å²) in [6, 6.07) is 9.82. The van der Waals surface area contributed by atoms with Crippen molar-refractivity contribution in [2.75, 3.05) is 11.9 Å². The first-order valence-corrected chi connectivity index (χ1v) is 9.26. The van der Waals surface area contributed by atoms with Crippen LogP contribution in [0.1, 0.15) is 6.92 Å². The molecule has 31 heavy (non-hydrogen) atoms. The number of amides is 1. The summed E-state index contributed by atoms with van der Waals surface area (Å²) in [5, 5.41) is 11.3. The van der Waals surface area contributed by atoms with E-state index in [9.17, 15) is 19.3 Å². The predicted molar refractivity (Wildman–Crippen MR) is 110 cm³/mol. The van der Waals surface area contributed by atoms with Gasteiger partial charge in [-0.25, -0.2) is 14.4 Å². The normalized spacial score (nSPS) is 11.5. The molecule has 0 spiro atoms. The molecule has 160 valence electrons. The maximum atomic E-state index is 13.8. The number of rotatable bonds is 7. The first-order valence-electron chi connectivity index (χ1n) is 8.89. The van der Waals surface area contributed by atoms with Crippen LogP contribution in [-0.4, -0.2) is 34.0 Å². The van der Waals surface area contributed by atoms with Gasteiger partial charge in [0.2, 0.25) is 5.82 Å². The van der Waals surface area contributed by atoms with E-state index in [2.05, 4.69) is 9.97 Å². The number of nitro groups is 1. The number of aromatic nitrogens is 2. The quantitative estimate of drug-likeness (QED) is 0.391. The number of halogens is 2. The lowest BCUT2D eigenvalue weighted by Crippen LogP contribution is -2.38. The predicted octanol–water partition coefficient (Wildman–Crippen LogP) is 4.40. The van der Waals surface area contributed by atoms with Gasteiger partial charge in [-0.2, -0.15) is 0 Å². The van der Waals surface area contributed by atoms with Crippen LogP contribution >= 0.6 is 11.6 Å². The van der Waals surface area contributed by atoms with E-state index >= 15 is 0 Å². The topological polar surface area (TPSA) is 108 Å². The van der Waals surface area contributed by atoms with Crippen molar-refractivity contribution in [3.8, 4) is 17.4 Å². The van der Waals surface area contributed by atoms with Crippen LogP contribution in [0.3, 0.4) is 0 Å². The third-order valence-corrected chi connectivity index (χ3v) is 4.29. The molecule has 9 nitrogen and oxygen atoms in total. The number of benzene rings is 1. The summed E-state index contributed by atoms with van der Waals surface area (Å²) in [6.07, 6.45) is 1.65. The van der Waals surface area contributed by atoms with Gasteiger partial charge in [-0.3, -0.25) is 19.8 Å². The third-order valence-electron chi connectivity index (χ3n) is 4.08. The van der Waals surface area contributed by atoms with Gasteiger partial charge in [-0.15, -0.1) is 0 Å². The molecule has 0 N–H and O–H groups in total. The summed E-state index contributed by atoms with van der Waals surface area (Å²) in [7, 11) is 1.38. The number of anilines is 1. The summed E-state index contributed by atoms with van der Waals surface area (Å²) in [5.41, 5.74) is -0.296. The van der Waals surface area contributed by atoms with Gasteiger partial charge in [0, 0.05) is 25.5 Å². The Bertz CT molecular complexity index is 1110. The van der Waals surface area contributed by atoms with Crippen molar-refractivity contribution in [3.05, 3.63) is 75.8 Å². The molecule has 0 bridgehead atoms. The fourth-order valence-electron chi connectivity index (χ4n) is 2.60. The van der Waals surface area contributed by atoms with Gasteiger partial charge in [0.25, 0.3) is 11.8 Å². The lowest BCUT2D eigenvalue weighted by molar-refractivity contribution is -0.384. The van der Waals surface area contributed by atoms with Crippen LogP contribution in [0.5, 0.6) is 17.4 Å². The van der Waals surface area contributed by atoms with Crippen molar-refractivity contribution < 1.29 is 23.6 Å². The lowest BCUT2D eigenvalue weighted by atomic mass is 10.3. The molecule has 0 aliphatic rings. The average Bonchev–Trinajstić information content (AvgIpc) is 2.75. The number of hydrogen-bond acceptors (Lipinski definition) is 7. The first kappa shape index (κ1) is 21.9. The largest absolute Gasteiger partial charge is 0.481 e. The summed E-state index contributed by atoms with van der Waals surface area (Å²) < 4.78 is 24.8. The SMILES string of the molecule is CC(Oc1ccc(Oc2ncc(Cl)cc2F)cc1)C(=O)N(C)c1ncccc1[N+](=O)[O-]. The average molecular weight is 447 g/mol. The molecular formula is C20H16ClFN4O5. The first-order chi connectivity index (χ1) is 14.8. The fourth-order valence-corrected chi connectivity index (χ4v) is 2.74. The molecule has 1 unspecified atom stereocenters. The van der Waals surface area contributed by atoms with Crippen LogP contribution in [0.4, 0.5) is 15.9 Å². The van der Waals surface area contributed by atoms with Gasteiger partial charge in [0.05, 0.1) is 9.95 Å². The van der Waals surface area contributed by atoms with Gasteiger partial charge < -0.3 is 9.47 Å². The van der Waals surface area contributed by atoms with Gasteiger partial charge >= 0.3 is 5.69 Å². The number of hydrogen-bond donors (Lipinski definition) is 0. The molecule has 1 amide bonds. The highest BCUT2D eigenvalue weighted by atomic mass is 35.5. The zero-order valence-electron chi connectivity index (χ0n) is 16.4. The van der Waals surface area contributed by atoms with E-state index in [1.54, 1.807) is 0 Å². The Morgan fingerprint density at radius 3 is 2.55 bits per heavy atom. The molecule has 11 heteroatoms. The van der Waals surface area contributed by atoms with Gasteiger partial charge in [-0.1, -0.05) is 11.6 Å². The second-order valence-corrected chi connectivity index (χ2v) is 6.71. The second-order valence-electron chi connectivity index (χ2n) is 6.27. The summed E-state index contributed by atoms with van der Waals surface area (Å²) in [6.45, 7) is 1.50. The highest BCUT2D eigenvalue weighted by Gasteiger charge is 2.27. The highest BCUT2D eigenvalue weighted by molar-refractivity contribution is 6.30. The molecule has 1 atom stereocenters. The number of carbonyl (C=O) groups excluding carboxylic acids is 1. The molecule has 0 saturated carbocycles. The number of carbonyl (C=O) groups is 1. The lowest BCUT2D eigenvalue weighted by Gasteiger charge is -2.21. The molecular weight excluding hydrogens is 431 g/mol. The van der Waals surface area contributed by atoms with Crippen molar-refractivity contribution in [3.63, 3.8) is 0 Å². The molecule has 2 heterocycles. The second kappa shape index (κ2) is 9.35. The molecule has 3 aromatic rings. The zero-order chi connectivity index (χ0) is 22.5. The fraction of sp³-hybridized carbons (Fsp3) is 0.150. The van der Waals surface area contributed by atoms with E-state index in [0.29, 0.717) is 11.5 Å². The van der Waals surface area contributed by atoms with Crippen molar-refractivity contribution in [2.24, 2.45) is 0 Å². The van der Waals surface area contributed by atoms with Crippen molar-refractivity contribution in [1.29, 1.82) is 0 Å². The molecule has 3 rings (SSSR count). The monoisotopic (exact) mass is 446 g/mol. The Kier molecular flexibility index (Phi) is 6.61. The Morgan fingerprint density at radius 2 is 1.90 bits per heavy atom. The van der Waals surface area contributed by atoms with E-state index in [1.165, 1.54) is 62.8 Å². The molecule has 0 aliphatic heterocycles. The number of likely N-dealkylation sites (N-methyl/N-ethyl adjacent to an activating group) is 1. The standard InChI is InChI=1S/C20H16ClFN4O5/c1-12(20(27)25(2)18-17(26(28)29)4-3-9-23-18)30-14-5-7-15(8-6-14)31-19-16(22)10-13(21)11-24-19/h3-12H,1-2H3. The number of pyridine rings is 2. The smallest absolute Gasteiger partial charge is 0.312 e. The number of nitrogens with zero attached hydrogens (tertiary/aromatic N) is 4. The van der Waals surface area contributed by atoms with E-state index in [1.807, 2.05) is 0 Å². The Hall–Kier alpha value is -3.79. The number of ether oxygens (including phenoxy) is 2. The van der Waals surface area contributed by atoms with Crippen LogP contribution in [0.15, 0.2) is 54.9 Å². The maximum Gasteiger partial charge on any atom is 0.312 e. The maximum absolute atomic E-state index is 13.8.